The summed E-state index contributed by atoms with van der Waals surface area (Å²) in [4.78, 5) is 0. The van der Waals surface area contributed by atoms with Crippen LogP contribution in [0.2, 0.25) is 0 Å². The molecule has 4 aliphatic heterocycles. The quantitative estimate of drug-likeness (QED) is 0.0808. The molecule has 6 rings (SSSR count). The molecule has 2 aromatic rings. The summed E-state index contributed by atoms with van der Waals surface area (Å²) in [5.74, 6) is 0.260. The van der Waals surface area contributed by atoms with Crippen molar-refractivity contribution in [1.29, 1.82) is 0 Å². The second-order valence-corrected chi connectivity index (χ2v) is 14.4. The number of methoxy groups -OCH3 is 2. The Morgan fingerprint density at radius 1 is 0.576 bits per heavy atom. The number of hydrogen-bond donors (Lipinski definition) is 12. The highest BCUT2D eigenvalue weighted by Crippen LogP contribution is 2.52. The summed E-state index contributed by atoms with van der Waals surface area (Å²) in [6, 6.07) is 8.15. The average molecular weight is 845 g/mol. The Labute approximate surface area is 337 Å². The number of benzene rings is 2. The van der Waals surface area contributed by atoms with Crippen LogP contribution in [0.5, 0.6) is 23.0 Å². The number of ether oxygens (including phenoxy) is 9. The highest BCUT2D eigenvalue weighted by Gasteiger charge is 2.55. The number of fused-ring (bicyclic) bond motifs is 1. The van der Waals surface area contributed by atoms with E-state index in [9.17, 15) is 61.3 Å². The molecular weight excluding hydrogens is 792 g/mol. The van der Waals surface area contributed by atoms with Crippen molar-refractivity contribution in [1.82, 2.24) is 0 Å². The molecule has 0 amide bonds. The number of aliphatic hydroxyl groups is 12. The number of aliphatic hydroxyl groups excluding tert-OH is 12. The van der Waals surface area contributed by atoms with E-state index in [1.54, 1.807) is 30.4 Å². The molecular formula is C38H52O21. The fraction of sp³-hybridized carbons (Fsp3) is 0.632. The first-order valence-corrected chi connectivity index (χ1v) is 18.8. The third-order valence-corrected chi connectivity index (χ3v) is 10.8. The van der Waals surface area contributed by atoms with Crippen molar-refractivity contribution < 1.29 is 104 Å². The van der Waals surface area contributed by atoms with Crippen LogP contribution in [0, 0.1) is 0 Å². The normalized spacial score (nSPS) is 38.5. The van der Waals surface area contributed by atoms with Gasteiger partial charge in [0.1, 0.15) is 73.2 Å². The molecule has 0 aliphatic carbocycles. The van der Waals surface area contributed by atoms with Gasteiger partial charge in [-0.15, -0.1) is 0 Å². The summed E-state index contributed by atoms with van der Waals surface area (Å²) < 4.78 is 52.8. The molecule has 59 heavy (non-hydrogen) atoms. The maximum Gasteiger partial charge on any atom is 0.229 e. The Bertz CT molecular complexity index is 1710. The molecule has 0 radical (unpaired) electrons. The Morgan fingerprint density at radius 2 is 1.14 bits per heavy atom. The summed E-state index contributed by atoms with van der Waals surface area (Å²) >= 11 is 0. The Balaban J connectivity index is 1.34. The molecule has 330 valence electrons. The zero-order chi connectivity index (χ0) is 42.7. The molecule has 21 heteroatoms. The fourth-order valence-electron chi connectivity index (χ4n) is 7.54. The maximum atomic E-state index is 11.4. The van der Waals surface area contributed by atoms with Crippen LogP contribution >= 0.6 is 0 Å². The minimum absolute atomic E-state index is 0.0339. The van der Waals surface area contributed by atoms with E-state index in [1.165, 1.54) is 20.3 Å². The van der Waals surface area contributed by atoms with Gasteiger partial charge < -0.3 is 104 Å². The van der Waals surface area contributed by atoms with E-state index in [-0.39, 0.29) is 24.7 Å². The first-order chi connectivity index (χ1) is 28.3. The predicted octanol–water partition coefficient (Wildman–Crippen LogP) is -4.25. The lowest BCUT2D eigenvalue weighted by Crippen LogP contribution is -2.67. The van der Waals surface area contributed by atoms with Gasteiger partial charge in [0.15, 0.2) is 41.7 Å². The van der Waals surface area contributed by atoms with E-state index in [0.29, 0.717) is 28.2 Å². The zero-order valence-electron chi connectivity index (χ0n) is 31.9. The second-order valence-electron chi connectivity index (χ2n) is 14.4. The van der Waals surface area contributed by atoms with Gasteiger partial charge in [0.2, 0.25) is 6.29 Å². The molecule has 0 unspecified atom stereocenters. The summed E-state index contributed by atoms with van der Waals surface area (Å²) in [5.41, 5.74) is 1.87. The summed E-state index contributed by atoms with van der Waals surface area (Å²) in [7, 11) is 2.80. The minimum Gasteiger partial charge on any atom is -0.493 e. The Kier molecular flexibility index (Phi) is 15.0. The third kappa shape index (κ3) is 9.03. The van der Waals surface area contributed by atoms with Crippen LogP contribution in [0.3, 0.4) is 0 Å². The summed E-state index contributed by atoms with van der Waals surface area (Å²) in [6.45, 7) is -3.00. The fourth-order valence-corrected chi connectivity index (χ4v) is 7.54. The standard InChI is InChI=1S/C38H52O21/c1-51-20-10-16(32-18(11-40)17-8-15(4-3-7-39)9-21(52-2)33(17)57-32)5-6-19(20)53-38-35(59-37-31(50)29(48)26(45)23(13-42)55-37)34(27(46)24(14-43)56-38)58-36-30(49)28(47)25(44)22(12-41)54-36/h3-6,8-10,18,22-32,34-50H,7,11-14H2,1-2H3/b4-3+/t18-,22-,23-,24-,25-,26-,27-,28+,29+,30-,31-,32+,34+,35-,36+,37+,38-/m1/s1. The molecule has 0 spiro atoms. The SMILES string of the molecule is COc1cc([C@@H]2Oc3c(OC)cc(/C=C/CO)cc3[C@H]2CO)ccc1O[C@@H]1O[C@H](CO)[C@@H](O)[C@H](O[C@@H]2O[C@H](CO)[C@@H](O)[C@H](O)[C@H]2O)[C@H]1O[C@@H]1O[C@H](CO)[C@@H](O)[C@H](O)[C@H]1O. The average Bonchev–Trinajstić information content (AvgIpc) is 3.63. The lowest BCUT2D eigenvalue weighted by atomic mass is 9.90. The second kappa shape index (κ2) is 19.6. The zero-order valence-corrected chi connectivity index (χ0v) is 31.9. The minimum atomic E-state index is -1.97. The smallest absolute Gasteiger partial charge is 0.229 e. The van der Waals surface area contributed by atoms with Crippen LogP contribution in [0.1, 0.15) is 28.7 Å². The highest BCUT2D eigenvalue weighted by atomic mass is 16.8. The molecule has 4 heterocycles. The van der Waals surface area contributed by atoms with Gasteiger partial charge in [0, 0.05) is 5.56 Å². The lowest BCUT2D eigenvalue weighted by molar-refractivity contribution is -0.384. The van der Waals surface area contributed by atoms with Gasteiger partial charge in [-0.25, -0.2) is 0 Å². The number of hydrogen-bond acceptors (Lipinski definition) is 21. The van der Waals surface area contributed by atoms with Gasteiger partial charge in [-0.05, 0) is 35.4 Å². The van der Waals surface area contributed by atoms with Crippen molar-refractivity contribution in [2.75, 3.05) is 47.3 Å². The van der Waals surface area contributed by atoms with Gasteiger partial charge in [-0.3, -0.25) is 0 Å². The highest BCUT2D eigenvalue weighted by molar-refractivity contribution is 5.62. The van der Waals surface area contributed by atoms with Crippen LogP contribution < -0.4 is 18.9 Å². The third-order valence-electron chi connectivity index (χ3n) is 10.8. The van der Waals surface area contributed by atoms with E-state index < -0.39 is 124 Å². The summed E-state index contributed by atoms with van der Waals surface area (Å²) in [6.07, 6.45) is -24.1. The molecule has 21 nitrogen and oxygen atoms in total. The van der Waals surface area contributed by atoms with Crippen LogP contribution in [0.25, 0.3) is 6.08 Å². The van der Waals surface area contributed by atoms with Crippen LogP contribution in [0.15, 0.2) is 36.4 Å². The molecule has 0 bridgehead atoms. The van der Waals surface area contributed by atoms with Gasteiger partial charge >= 0.3 is 0 Å². The van der Waals surface area contributed by atoms with Crippen LogP contribution in [-0.2, 0) is 23.7 Å². The van der Waals surface area contributed by atoms with E-state index in [2.05, 4.69) is 0 Å². The van der Waals surface area contributed by atoms with Crippen molar-refractivity contribution in [3.05, 3.63) is 53.1 Å². The monoisotopic (exact) mass is 844 g/mol. The van der Waals surface area contributed by atoms with E-state index in [0.717, 1.165) is 0 Å². The van der Waals surface area contributed by atoms with Crippen molar-refractivity contribution in [2.24, 2.45) is 0 Å². The van der Waals surface area contributed by atoms with Crippen LogP contribution in [-0.4, -0.2) is 201 Å². The maximum absolute atomic E-state index is 11.4. The number of rotatable bonds is 15. The van der Waals surface area contributed by atoms with E-state index in [1.807, 2.05) is 6.07 Å². The first kappa shape index (κ1) is 45.2. The molecule has 12 N–H and O–H groups in total. The lowest BCUT2D eigenvalue weighted by Gasteiger charge is -2.48. The van der Waals surface area contributed by atoms with Gasteiger partial charge in [-0.1, -0.05) is 18.2 Å². The Morgan fingerprint density at radius 3 is 1.68 bits per heavy atom. The molecule has 3 fully saturated rings. The van der Waals surface area contributed by atoms with Crippen molar-refractivity contribution in [3.8, 4) is 23.0 Å². The first-order valence-electron chi connectivity index (χ1n) is 18.8. The predicted molar refractivity (Wildman–Crippen MR) is 195 cm³/mol. The molecule has 0 aromatic heterocycles. The molecule has 3 saturated heterocycles. The topological polar surface area (TPSA) is 326 Å². The van der Waals surface area contributed by atoms with E-state index >= 15 is 0 Å². The molecule has 17 atom stereocenters. The van der Waals surface area contributed by atoms with Gasteiger partial charge in [0.25, 0.3) is 0 Å². The van der Waals surface area contributed by atoms with Crippen LogP contribution in [0.4, 0.5) is 0 Å². The molecule has 2 aromatic carbocycles. The molecule has 4 aliphatic rings. The van der Waals surface area contributed by atoms with Crippen molar-refractivity contribution in [2.45, 2.75) is 104 Å². The van der Waals surface area contributed by atoms with Crippen molar-refractivity contribution >= 4 is 6.08 Å². The Hall–Kier alpha value is -3.30. The summed E-state index contributed by atoms with van der Waals surface area (Å²) in [5, 5.41) is 125. The van der Waals surface area contributed by atoms with E-state index in [4.69, 9.17) is 42.6 Å². The van der Waals surface area contributed by atoms with Crippen molar-refractivity contribution in [3.63, 3.8) is 0 Å². The largest absolute Gasteiger partial charge is 0.493 e. The van der Waals surface area contributed by atoms with Gasteiger partial charge in [0.05, 0.1) is 53.2 Å². The molecule has 0 saturated carbocycles. The van der Waals surface area contributed by atoms with Gasteiger partial charge in [-0.2, -0.15) is 0 Å².